The highest BCUT2D eigenvalue weighted by atomic mass is 16.7. The van der Waals surface area contributed by atoms with Gasteiger partial charge in [-0.05, 0) is 54.8 Å². The number of carbonyl (C=O) groups is 1. The maximum atomic E-state index is 12.6. The lowest BCUT2D eigenvalue weighted by atomic mass is 9.98. The van der Waals surface area contributed by atoms with Crippen molar-refractivity contribution in [3.8, 4) is 23.0 Å². The summed E-state index contributed by atoms with van der Waals surface area (Å²) in [6.07, 6.45) is 1.60. The smallest absolute Gasteiger partial charge is 0.231 e. The van der Waals surface area contributed by atoms with Crippen molar-refractivity contribution in [2.45, 2.75) is 18.8 Å². The summed E-state index contributed by atoms with van der Waals surface area (Å²) in [4.78, 5) is 15.0. The molecule has 1 saturated heterocycles. The molecule has 6 heteroatoms. The number of ketones is 1. The summed E-state index contributed by atoms with van der Waals surface area (Å²) in [7, 11) is 0. The van der Waals surface area contributed by atoms with Crippen LogP contribution in [0.25, 0.3) is 0 Å². The maximum Gasteiger partial charge on any atom is 0.231 e. The molecular weight excluding hydrogens is 358 g/mol. The molecular formula is C22H23NO5. The van der Waals surface area contributed by atoms with Crippen LogP contribution in [0.15, 0.2) is 36.4 Å². The van der Waals surface area contributed by atoms with Crippen LogP contribution in [0.3, 0.4) is 0 Å². The van der Waals surface area contributed by atoms with Crippen LogP contribution in [0.1, 0.15) is 34.7 Å². The van der Waals surface area contributed by atoms with E-state index in [2.05, 4.69) is 17.0 Å². The zero-order valence-electron chi connectivity index (χ0n) is 15.7. The van der Waals surface area contributed by atoms with Crippen LogP contribution in [0.5, 0.6) is 23.0 Å². The summed E-state index contributed by atoms with van der Waals surface area (Å²) in [6.45, 7) is 4.13. The Morgan fingerprint density at radius 2 is 1.68 bits per heavy atom. The summed E-state index contributed by atoms with van der Waals surface area (Å²) in [5.41, 5.74) is 1.97. The Morgan fingerprint density at radius 1 is 0.929 bits per heavy atom. The number of likely N-dealkylation sites (tertiary alicyclic amines) is 1. The fourth-order valence-corrected chi connectivity index (χ4v) is 4.10. The minimum absolute atomic E-state index is 0.142. The highest BCUT2D eigenvalue weighted by Crippen LogP contribution is 2.37. The molecule has 1 fully saturated rings. The number of nitrogens with zero attached hydrogens (tertiary/aromatic N) is 1. The first-order chi connectivity index (χ1) is 13.8. The number of carbonyl (C=O) groups excluding carboxylic acids is 1. The highest BCUT2D eigenvalue weighted by Gasteiger charge is 2.26. The number of rotatable bonds is 5. The van der Waals surface area contributed by atoms with E-state index in [0.717, 1.165) is 37.6 Å². The van der Waals surface area contributed by atoms with Crippen LogP contribution in [0.4, 0.5) is 0 Å². The lowest BCUT2D eigenvalue weighted by Crippen LogP contribution is -2.23. The minimum atomic E-state index is 0.142. The van der Waals surface area contributed by atoms with E-state index in [-0.39, 0.29) is 5.78 Å². The fraction of sp³-hybridized carbons (Fsp3) is 0.409. The van der Waals surface area contributed by atoms with Crippen LogP contribution in [-0.4, -0.2) is 50.3 Å². The molecule has 146 valence electrons. The van der Waals surface area contributed by atoms with Crippen molar-refractivity contribution >= 4 is 5.78 Å². The van der Waals surface area contributed by atoms with E-state index >= 15 is 0 Å². The van der Waals surface area contributed by atoms with E-state index in [1.165, 1.54) is 5.56 Å². The molecule has 0 spiro atoms. The highest BCUT2D eigenvalue weighted by molar-refractivity contribution is 5.96. The second kappa shape index (κ2) is 7.36. The predicted molar refractivity (Wildman–Crippen MR) is 103 cm³/mol. The van der Waals surface area contributed by atoms with Crippen molar-refractivity contribution in [1.82, 2.24) is 4.90 Å². The van der Waals surface area contributed by atoms with Gasteiger partial charge in [-0.2, -0.15) is 0 Å². The minimum Gasteiger partial charge on any atom is -0.486 e. The van der Waals surface area contributed by atoms with Gasteiger partial charge in [0, 0.05) is 25.1 Å². The Labute approximate surface area is 163 Å². The van der Waals surface area contributed by atoms with Crippen LogP contribution in [-0.2, 0) is 0 Å². The molecule has 2 aromatic rings. The zero-order valence-corrected chi connectivity index (χ0v) is 15.7. The quantitative estimate of drug-likeness (QED) is 0.741. The van der Waals surface area contributed by atoms with Crippen molar-refractivity contribution in [1.29, 1.82) is 0 Å². The van der Waals surface area contributed by atoms with Gasteiger partial charge < -0.3 is 23.8 Å². The number of ether oxygens (including phenoxy) is 4. The molecule has 0 bridgehead atoms. The van der Waals surface area contributed by atoms with Crippen LogP contribution in [0.2, 0.25) is 0 Å². The van der Waals surface area contributed by atoms with Crippen molar-refractivity contribution in [2.24, 2.45) is 0 Å². The Morgan fingerprint density at radius 3 is 2.61 bits per heavy atom. The Hall–Kier alpha value is -2.73. The van der Waals surface area contributed by atoms with Crippen LogP contribution >= 0.6 is 0 Å². The van der Waals surface area contributed by atoms with Gasteiger partial charge in [0.15, 0.2) is 28.8 Å². The van der Waals surface area contributed by atoms with Crippen molar-refractivity contribution in [2.75, 3.05) is 39.6 Å². The lowest BCUT2D eigenvalue weighted by molar-refractivity contribution is 0.0967. The first-order valence-electron chi connectivity index (χ1n) is 9.81. The third kappa shape index (κ3) is 3.40. The average Bonchev–Trinajstić information content (AvgIpc) is 3.40. The van der Waals surface area contributed by atoms with E-state index in [4.69, 9.17) is 18.9 Å². The summed E-state index contributed by atoms with van der Waals surface area (Å²) in [5.74, 6) is 3.66. The van der Waals surface area contributed by atoms with E-state index in [0.29, 0.717) is 49.4 Å². The van der Waals surface area contributed by atoms with E-state index in [1.807, 2.05) is 18.2 Å². The van der Waals surface area contributed by atoms with Crippen molar-refractivity contribution in [3.63, 3.8) is 0 Å². The molecule has 0 amide bonds. The third-order valence-electron chi connectivity index (χ3n) is 5.66. The molecule has 3 aliphatic heterocycles. The number of benzene rings is 2. The van der Waals surface area contributed by atoms with Gasteiger partial charge >= 0.3 is 0 Å². The van der Waals surface area contributed by atoms with Gasteiger partial charge in [-0.1, -0.05) is 6.07 Å². The second-order valence-electron chi connectivity index (χ2n) is 7.43. The fourth-order valence-electron chi connectivity index (χ4n) is 4.10. The number of fused-ring (bicyclic) bond motifs is 2. The van der Waals surface area contributed by atoms with Gasteiger partial charge in [0.25, 0.3) is 0 Å². The summed E-state index contributed by atoms with van der Waals surface area (Å²) >= 11 is 0. The molecule has 2 aromatic carbocycles. The molecule has 1 atom stereocenters. The first-order valence-corrected chi connectivity index (χ1v) is 9.81. The molecule has 28 heavy (non-hydrogen) atoms. The molecule has 0 aliphatic carbocycles. The second-order valence-corrected chi connectivity index (χ2v) is 7.43. The maximum absolute atomic E-state index is 12.6. The molecule has 5 rings (SSSR count). The van der Waals surface area contributed by atoms with E-state index in [1.54, 1.807) is 6.07 Å². The molecule has 0 radical (unpaired) electrons. The predicted octanol–water partition coefficient (Wildman–Crippen LogP) is 3.25. The standard InChI is InChI=1S/C22H23NO5/c24-18(16-2-4-19-21(12-16)26-10-9-25-19)6-8-23-7-5-17(13-23)15-1-3-20-22(11-15)28-14-27-20/h1-4,11-12,17H,5-10,13-14H2. The lowest BCUT2D eigenvalue weighted by Gasteiger charge is -2.19. The van der Waals surface area contributed by atoms with Gasteiger partial charge in [0.05, 0.1) is 0 Å². The molecule has 3 aliphatic rings. The molecule has 1 unspecified atom stereocenters. The topological polar surface area (TPSA) is 57.2 Å². The molecule has 3 heterocycles. The average molecular weight is 381 g/mol. The van der Waals surface area contributed by atoms with Gasteiger partial charge in [-0.3, -0.25) is 4.79 Å². The van der Waals surface area contributed by atoms with Crippen molar-refractivity contribution < 1.29 is 23.7 Å². The van der Waals surface area contributed by atoms with Crippen molar-refractivity contribution in [3.05, 3.63) is 47.5 Å². The Kier molecular flexibility index (Phi) is 4.56. The number of Topliss-reactive ketones (excluding diaryl/α,β-unsaturated/α-hetero) is 1. The van der Waals surface area contributed by atoms with Gasteiger partial charge in [-0.15, -0.1) is 0 Å². The largest absolute Gasteiger partial charge is 0.486 e. The molecule has 0 N–H and O–H groups in total. The molecule has 0 saturated carbocycles. The summed E-state index contributed by atoms with van der Waals surface area (Å²) in [6, 6.07) is 11.7. The normalized spacial score (nSPS) is 20.4. The van der Waals surface area contributed by atoms with Gasteiger partial charge in [-0.25, -0.2) is 0 Å². The number of hydrogen-bond donors (Lipinski definition) is 0. The zero-order chi connectivity index (χ0) is 18.9. The van der Waals surface area contributed by atoms with E-state index in [9.17, 15) is 4.79 Å². The van der Waals surface area contributed by atoms with Crippen LogP contribution < -0.4 is 18.9 Å². The summed E-state index contributed by atoms with van der Waals surface area (Å²) < 4.78 is 22.0. The SMILES string of the molecule is O=C(CCN1CCC(c2ccc3c(c2)OCO3)C1)c1ccc2c(c1)OCCO2. The van der Waals surface area contributed by atoms with Crippen LogP contribution in [0, 0.1) is 0 Å². The number of hydrogen-bond acceptors (Lipinski definition) is 6. The Bertz CT molecular complexity index is 896. The molecule has 6 nitrogen and oxygen atoms in total. The molecule has 0 aromatic heterocycles. The van der Waals surface area contributed by atoms with Gasteiger partial charge in [0.2, 0.25) is 6.79 Å². The first kappa shape index (κ1) is 17.4. The van der Waals surface area contributed by atoms with Gasteiger partial charge in [0.1, 0.15) is 13.2 Å². The monoisotopic (exact) mass is 381 g/mol. The van der Waals surface area contributed by atoms with E-state index < -0.39 is 0 Å². The third-order valence-corrected chi connectivity index (χ3v) is 5.66. The Balaban J connectivity index is 1.17. The summed E-state index contributed by atoms with van der Waals surface area (Å²) in [5, 5.41) is 0.